The Bertz CT molecular complexity index is 754. The van der Waals surface area contributed by atoms with Crippen LogP contribution < -0.4 is 10.2 Å². The predicted octanol–water partition coefficient (Wildman–Crippen LogP) is 2.25. The van der Waals surface area contributed by atoms with Crippen LogP contribution in [0.3, 0.4) is 0 Å². The van der Waals surface area contributed by atoms with Gasteiger partial charge in [0.1, 0.15) is 0 Å². The summed E-state index contributed by atoms with van der Waals surface area (Å²) in [4.78, 5) is 42.4. The molecule has 0 aromatic heterocycles. The van der Waals surface area contributed by atoms with Gasteiger partial charge in [-0.05, 0) is 43.0 Å². The molecule has 1 N–H and O–H groups in total. The lowest BCUT2D eigenvalue weighted by atomic mass is 10.1. The molecule has 2 aliphatic heterocycles. The third-order valence-electron chi connectivity index (χ3n) is 5.45. The van der Waals surface area contributed by atoms with Gasteiger partial charge in [0.2, 0.25) is 5.91 Å². The minimum Gasteiger partial charge on any atom is -0.339 e. The fraction of sp³-hybridized carbons (Fsp3) is 0.571. The van der Waals surface area contributed by atoms with E-state index in [2.05, 4.69) is 19.2 Å². The van der Waals surface area contributed by atoms with Gasteiger partial charge in [-0.2, -0.15) is 0 Å². The van der Waals surface area contributed by atoms with Crippen LogP contribution in [0.4, 0.5) is 10.5 Å². The fourth-order valence-corrected chi connectivity index (χ4v) is 3.70. The molecule has 28 heavy (non-hydrogen) atoms. The Morgan fingerprint density at radius 1 is 1.07 bits per heavy atom. The summed E-state index contributed by atoms with van der Waals surface area (Å²) < 4.78 is 0. The minimum absolute atomic E-state index is 0.0187. The number of hydrogen-bond donors (Lipinski definition) is 1. The van der Waals surface area contributed by atoms with E-state index in [4.69, 9.17) is 0 Å². The largest absolute Gasteiger partial charge is 0.339 e. The highest BCUT2D eigenvalue weighted by molar-refractivity contribution is 5.98. The number of benzene rings is 1. The number of amides is 4. The van der Waals surface area contributed by atoms with Crippen LogP contribution in [-0.4, -0.2) is 66.9 Å². The second-order valence-corrected chi connectivity index (χ2v) is 7.99. The molecule has 4 amide bonds. The lowest BCUT2D eigenvalue weighted by Crippen LogP contribution is -2.50. The Hall–Kier alpha value is -2.57. The molecule has 2 saturated heterocycles. The normalized spacial score (nSPS) is 17.3. The third-order valence-corrected chi connectivity index (χ3v) is 5.45. The van der Waals surface area contributed by atoms with E-state index in [1.54, 1.807) is 11.0 Å². The summed E-state index contributed by atoms with van der Waals surface area (Å²) >= 11 is 0. The molecular weight excluding hydrogens is 356 g/mol. The standard InChI is InChI=1S/C21H30N4O3/c1-15(2)4-7-19(26)23-10-12-24(13-11-23)20(27)17-5-6-18(16(3)14-17)25-9-8-22-21(25)28/h5-6,14-15H,4,7-13H2,1-3H3,(H,22,28). The Balaban J connectivity index is 1.58. The van der Waals surface area contributed by atoms with Crippen LogP contribution in [0.1, 0.15) is 42.6 Å². The Kier molecular flexibility index (Phi) is 6.21. The zero-order chi connectivity index (χ0) is 20.3. The monoisotopic (exact) mass is 386 g/mol. The van der Waals surface area contributed by atoms with Crippen molar-refractivity contribution in [1.29, 1.82) is 0 Å². The van der Waals surface area contributed by atoms with Crippen molar-refractivity contribution in [3.05, 3.63) is 29.3 Å². The molecule has 7 heteroatoms. The molecule has 0 spiro atoms. The molecule has 1 aromatic carbocycles. The summed E-state index contributed by atoms with van der Waals surface area (Å²) in [6, 6.07) is 5.39. The Morgan fingerprint density at radius 3 is 2.32 bits per heavy atom. The first-order chi connectivity index (χ1) is 13.4. The van der Waals surface area contributed by atoms with Crippen molar-refractivity contribution < 1.29 is 14.4 Å². The first-order valence-corrected chi connectivity index (χ1v) is 10.1. The average molecular weight is 386 g/mol. The second kappa shape index (κ2) is 8.63. The number of anilines is 1. The number of piperazine rings is 1. The molecule has 3 rings (SSSR count). The zero-order valence-electron chi connectivity index (χ0n) is 17.0. The van der Waals surface area contributed by atoms with Crippen LogP contribution in [0.5, 0.6) is 0 Å². The molecular formula is C21H30N4O3. The topological polar surface area (TPSA) is 73.0 Å². The molecule has 2 heterocycles. The quantitative estimate of drug-likeness (QED) is 0.844. The molecule has 1 aromatic rings. The van der Waals surface area contributed by atoms with Crippen LogP contribution in [0, 0.1) is 12.8 Å². The van der Waals surface area contributed by atoms with Crippen molar-refractivity contribution in [3.63, 3.8) is 0 Å². The van der Waals surface area contributed by atoms with Crippen LogP contribution in [0.15, 0.2) is 18.2 Å². The molecule has 152 valence electrons. The van der Waals surface area contributed by atoms with Crippen LogP contribution >= 0.6 is 0 Å². The van der Waals surface area contributed by atoms with E-state index in [-0.39, 0.29) is 17.8 Å². The average Bonchev–Trinajstić information content (AvgIpc) is 3.11. The predicted molar refractivity (Wildman–Crippen MR) is 108 cm³/mol. The smallest absolute Gasteiger partial charge is 0.322 e. The molecule has 7 nitrogen and oxygen atoms in total. The summed E-state index contributed by atoms with van der Waals surface area (Å²) in [5.74, 6) is 0.685. The Labute approximate surface area is 166 Å². The summed E-state index contributed by atoms with van der Waals surface area (Å²) in [5, 5.41) is 2.79. The molecule has 0 atom stereocenters. The molecule has 2 aliphatic rings. The van der Waals surface area contributed by atoms with Crippen molar-refractivity contribution in [3.8, 4) is 0 Å². The Morgan fingerprint density at radius 2 is 1.75 bits per heavy atom. The maximum atomic E-state index is 12.9. The number of hydrogen-bond acceptors (Lipinski definition) is 3. The van der Waals surface area contributed by atoms with Gasteiger partial charge in [-0.1, -0.05) is 13.8 Å². The van der Waals surface area contributed by atoms with Gasteiger partial charge in [-0.25, -0.2) is 4.79 Å². The molecule has 0 unspecified atom stereocenters. The molecule has 2 fully saturated rings. The fourth-order valence-electron chi connectivity index (χ4n) is 3.70. The van der Waals surface area contributed by atoms with E-state index < -0.39 is 0 Å². The highest BCUT2D eigenvalue weighted by Gasteiger charge is 2.26. The number of aryl methyl sites for hydroxylation is 1. The van der Waals surface area contributed by atoms with Crippen LogP contribution in [0.2, 0.25) is 0 Å². The lowest BCUT2D eigenvalue weighted by molar-refractivity contribution is -0.132. The summed E-state index contributed by atoms with van der Waals surface area (Å²) in [6.07, 6.45) is 1.48. The first kappa shape index (κ1) is 20.2. The van der Waals surface area contributed by atoms with E-state index in [0.717, 1.165) is 17.7 Å². The number of urea groups is 1. The number of rotatable bonds is 5. The number of carbonyl (C=O) groups excluding carboxylic acids is 3. The van der Waals surface area contributed by atoms with Gasteiger partial charge in [-0.15, -0.1) is 0 Å². The third kappa shape index (κ3) is 4.46. The van der Waals surface area contributed by atoms with Crippen LogP contribution in [-0.2, 0) is 4.79 Å². The summed E-state index contributed by atoms with van der Waals surface area (Å²) in [5.41, 5.74) is 2.37. The molecule has 0 bridgehead atoms. The van der Waals surface area contributed by atoms with E-state index in [1.807, 2.05) is 28.9 Å². The molecule has 0 saturated carbocycles. The van der Waals surface area contributed by atoms with Crippen LogP contribution in [0.25, 0.3) is 0 Å². The van der Waals surface area contributed by atoms with Gasteiger partial charge < -0.3 is 15.1 Å². The zero-order valence-corrected chi connectivity index (χ0v) is 17.0. The minimum atomic E-state index is -0.0968. The van der Waals surface area contributed by atoms with Crippen molar-refractivity contribution in [2.24, 2.45) is 5.92 Å². The highest BCUT2D eigenvalue weighted by atomic mass is 16.2. The summed E-state index contributed by atoms with van der Waals surface area (Å²) in [7, 11) is 0. The van der Waals surface area contributed by atoms with Crippen molar-refractivity contribution in [2.45, 2.75) is 33.6 Å². The SMILES string of the molecule is Cc1cc(C(=O)N2CCN(C(=O)CCC(C)C)CC2)ccc1N1CCNC1=O. The number of carbonyl (C=O) groups is 3. The maximum Gasteiger partial charge on any atom is 0.322 e. The molecule has 0 radical (unpaired) electrons. The van der Waals surface area contributed by atoms with Gasteiger partial charge in [0, 0.05) is 56.9 Å². The van der Waals surface area contributed by atoms with E-state index >= 15 is 0 Å². The van der Waals surface area contributed by atoms with E-state index in [1.165, 1.54) is 0 Å². The number of nitrogens with one attached hydrogen (secondary N) is 1. The van der Waals surface area contributed by atoms with Gasteiger partial charge in [-0.3, -0.25) is 14.5 Å². The van der Waals surface area contributed by atoms with Gasteiger partial charge in [0.15, 0.2) is 0 Å². The van der Waals surface area contributed by atoms with Gasteiger partial charge in [0.25, 0.3) is 5.91 Å². The lowest BCUT2D eigenvalue weighted by Gasteiger charge is -2.35. The van der Waals surface area contributed by atoms with E-state index in [9.17, 15) is 14.4 Å². The molecule has 0 aliphatic carbocycles. The van der Waals surface area contributed by atoms with Crippen molar-refractivity contribution in [2.75, 3.05) is 44.2 Å². The highest BCUT2D eigenvalue weighted by Crippen LogP contribution is 2.24. The maximum absolute atomic E-state index is 12.9. The van der Waals surface area contributed by atoms with Crippen molar-refractivity contribution >= 4 is 23.5 Å². The second-order valence-electron chi connectivity index (χ2n) is 7.99. The van der Waals surface area contributed by atoms with Gasteiger partial charge >= 0.3 is 6.03 Å². The van der Waals surface area contributed by atoms with Crippen molar-refractivity contribution in [1.82, 2.24) is 15.1 Å². The van der Waals surface area contributed by atoms with Gasteiger partial charge in [0.05, 0.1) is 0 Å². The summed E-state index contributed by atoms with van der Waals surface area (Å²) in [6.45, 7) is 9.73. The van der Waals surface area contributed by atoms with E-state index in [0.29, 0.717) is 57.2 Å². The first-order valence-electron chi connectivity index (χ1n) is 10.1. The number of nitrogens with zero attached hydrogens (tertiary/aromatic N) is 3.